The SMILES string of the molecule is CC(O)Br.CCN. The van der Waals surface area contributed by atoms with Crippen LogP contribution in [0.25, 0.3) is 0 Å². The number of aliphatic hydroxyl groups is 1. The fourth-order valence-corrected chi connectivity index (χ4v) is 0. The highest BCUT2D eigenvalue weighted by Gasteiger charge is 1.72. The van der Waals surface area contributed by atoms with E-state index in [1.165, 1.54) is 0 Å². The van der Waals surface area contributed by atoms with Gasteiger partial charge in [-0.2, -0.15) is 0 Å². The number of aliphatic hydroxyl groups excluding tert-OH is 1. The Morgan fingerprint density at radius 3 is 1.86 bits per heavy atom. The molecule has 0 aromatic heterocycles. The lowest BCUT2D eigenvalue weighted by Gasteiger charge is -1.77. The van der Waals surface area contributed by atoms with E-state index in [-0.39, 0.29) is 5.01 Å². The summed E-state index contributed by atoms with van der Waals surface area (Å²) in [6.07, 6.45) is 0. The Morgan fingerprint density at radius 1 is 1.86 bits per heavy atom. The van der Waals surface area contributed by atoms with Crippen molar-refractivity contribution in [2.75, 3.05) is 6.54 Å². The summed E-state index contributed by atoms with van der Waals surface area (Å²) in [5.74, 6) is 0. The molecule has 7 heavy (non-hydrogen) atoms. The van der Waals surface area contributed by atoms with Crippen molar-refractivity contribution in [2.24, 2.45) is 5.73 Å². The highest BCUT2D eigenvalue weighted by molar-refractivity contribution is 9.09. The Bertz CT molecular complexity index is 22.9. The normalized spacial score (nSPS) is 11.6. The van der Waals surface area contributed by atoms with E-state index in [2.05, 4.69) is 15.9 Å². The molecule has 0 saturated carbocycles. The molecule has 0 fully saturated rings. The molecule has 0 radical (unpaired) electrons. The van der Waals surface area contributed by atoms with Crippen LogP contribution < -0.4 is 5.73 Å². The minimum absolute atomic E-state index is 0.354. The number of hydrogen-bond donors (Lipinski definition) is 2. The Balaban J connectivity index is 0. The first kappa shape index (κ1) is 10.4. The van der Waals surface area contributed by atoms with E-state index in [1.54, 1.807) is 6.92 Å². The zero-order valence-electron chi connectivity index (χ0n) is 4.69. The van der Waals surface area contributed by atoms with Crippen LogP contribution in [0.15, 0.2) is 0 Å². The maximum Gasteiger partial charge on any atom is 0.106 e. The van der Waals surface area contributed by atoms with Crippen molar-refractivity contribution >= 4 is 15.9 Å². The summed E-state index contributed by atoms with van der Waals surface area (Å²) in [6, 6.07) is 0. The molecule has 0 spiro atoms. The fraction of sp³-hybridized carbons (Fsp3) is 1.00. The maximum atomic E-state index is 7.97. The lowest BCUT2D eigenvalue weighted by atomic mass is 10.8. The average molecular weight is 170 g/mol. The summed E-state index contributed by atoms with van der Waals surface area (Å²) in [7, 11) is 0. The van der Waals surface area contributed by atoms with Crippen molar-refractivity contribution in [1.29, 1.82) is 0 Å². The van der Waals surface area contributed by atoms with Crippen LogP contribution in [0.2, 0.25) is 0 Å². The van der Waals surface area contributed by atoms with Gasteiger partial charge in [0.05, 0.1) is 0 Å². The molecule has 0 aliphatic heterocycles. The van der Waals surface area contributed by atoms with Gasteiger partial charge < -0.3 is 10.8 Å². The van der Waals surface area contributed by atoms with E-state index in [0.29, 0.717) is 0 Å². The molecule has 3 N–H and O–H groups in total. The largest absolute Gasteiger partial charge is 0.382 e. The van der Waals surface area contributed by atoms with Gasteiger partial charge in [0.25, 0.3) is 0 Å². The number of hydrogen-bond acceptors (Lipinski definition) is 2. The zero-order chi connectivity index (χ0) is 6.28. The first-order valence-electron chi connectivity index (χ1n) is 2.17. The average Bonchev–Trinajstić information content (AvgIpc) is 1.33. The Morgan fingerprint density at radius 2 is 1.86 bits per heavy atom. The van der Waals surface area contributed by atoms with Crippen LogP contribution in [0.5, 0.6) is 0 Å². The van der Waals surface area contributed by atoms with Crippen LogP contribution in [-0.4, -0.2) is 16.7 Å². The summed E-state index contributed by atoms with van der Waals surface area (Å²) >= 11 is 2.83. The summed E-state index contributed by atoms with van der Waals surface area (Å²) < 4.78 is 0. The monoisotopic (exact) mass is 169 g/mol. The van der Waals surface area contributed by atoms with Gasteiger partial charge in [-0.05, 0) is 13.5 Å². The Hall–Kier alpha value is 0.400. The van der Waals surface area contributed by atoms with E-state index >= 15 is 0 Å². The number of nitrogens with two attached hydrogens (primary N) is 1. The van der Waals surface area contributed by atoms with Crippen molar-refractivity contribution in [3.63, 3.8) is 0 Å². The second kappa shape index (κ2) is 9.64. The van der Waals surface area contributed by atoms with Gasteiger partial charge in [-0.3, -0.25) is 0 Å². The highest BCUT2D eigenvalue weighted by atomic mass is 79.9. The number of halogens is 1. The van der Waals surface area contributed by atoms with Crippen LogP contribution in [-0.2, 0) is 0 Å². The van der Waals surface area contributed by atoms with E-state index in [9.17, 15) is 0 Å². The molecule has 0 saturated heterocycles. The third-order valence-corrected chi connectivity index (χ3v) is 0. The van der Waals surface area contributed by atoms with E-state index in [4.69, 9.17) is 10.8 Å². The van der Waals surface area contributed by atoms with E-state index in [1.807, 2.05) is 6.92 Å². The molecule has 0 aromatic carbocycles. The van der Waals surface area contributed by atoms with Gasteiger partial charge in [0.1, 0.15) is 5.01 Å². The van der Waals surface area contributed by atoms with Crippen molar-refractivity contribution in [3.8, 4) is 0 Å². The second-order valence-corrected chi connectivity index (χ2v) is 2.31. The van der Waals surface area contributed by atoms with Gasteiger partial charge >= 0.3 is 0 Å². The van der Waals surface area contributed by atoms with Crippen molar-refractivity contribution in [1.82, 2.24) is 0 Å². The fourth-order valence-electron chi connectivity index (χ4n) is 0. The summed E-state index contributed by atoms with van der Waals surface area (Å²) in [6.45, 7) is 4.29. The quantitative estimate of drug-likeness (QED) is 0.525. The standard InChI is InChI=1S/C2H5BrO.C2H7N/c1-2(3)4;1-2-3/h2,4H,1H3;2-3H2,1H3. The lowest BCUT2D eigenvalue weighted by Crippen LogP contribution is -1.87. The lowest BCUT2D eigenvalue weighted by molar-refractivity contribution is 0.290. The number of alkyl halides is 1. The molecular weight excluding hydrogens is 158 g/mol. The Kier molecular flexibility index (Phi) is 14.3. The molecule has 0 amide bonds. The topological polar surface area (TPSA) is 46.2 Å². The van der Waals surface area contributed by atoms with Gasteiger partial charge in [-0.25, -0.2) is 0 Å². The summed E-state index contributed by atoms with van der Waals surface area (Å²) in [5, 5.41) is 7.62. The molecule has 3 heteroatoms. The molecule has 2 nitrogen and oxygen atoms in total. The smallest absolute Gasteiger partial charge is 0.106 e. The molecule has 1 atom stereocenters. The molecule has 0 aromatic rings. The minimum atomic E-state index is -0.354. The molecule has 0 heterocycles. The molecule has 0 aliphatic rings. The van der Waals surface area contributed by atoms with Crippen LogP contribution in [0, 0.1) is 0 Å². The molecular formula is C4H12BrNO. The van der Waals surface area contributed by atoms with E-state index in [0.717, 1.165) is 6.54 Å². The predicted octanol–water partition coefficient (Wildman–Crippen LogP) is 0.685. The minimum Gasteiger partial charge on any atom is -0.382 e. The number of rotatable bonds is 0. The molecule has 1 unspecified atom stereocenters. The van der Waals surface area contributed by atoms with Gasteiger partial charge in [0, 0.05) is 0 Å². The first-order valence-corrected chi connectivity index (χ1v) is 3.08. The molecule has 0 aliphatic carbocycles. The van der Waals surface area contributed by atoms with Crippen molar-refractivity contribution in [3.05, 3.63) is 0 Å². The third kappa shape index (κ3) is 774. The van der Waals surface area contributed by atoms with Gasteiger partial charge in [0.15, 0.2) is 0 Å². The van der Waals surface area contributed by atoms with Gasteiger partial charge in [0.2, 0.25) is 0 Å². The maximum absolute atomic E-state index is 7.97. The van der Waals surface area contributed by atoms with Gasteiger partial charge in [-0.15, -0.1) is 0 Å². The molecule has 46 valence electrons. The molecule has 0 bridgehead atoms. The van der Waals surface area contributed by atoms with Gasteiger partial charge in [-0.1, -0.05) is 22.9 Å². The third-order valence-electron chi connectivity index (χ3n) is 0. The molecule has 0 rings (SSSR count). The highest BCUT2D eigenvalue weighted by Crippen LogP contribution is 1.85. The Labute approximate surface area is 52.8 Å². The predicted molar refractivity (Wildman–Crippen MR) is 35.3 cm³/mol. The summed E-state index contributed by atoms with van der Waals surface area (Å²) in [4.78, 5) is 0. The summed E-state index contributed by atoms with van der Waals surface area (Å²) in [5.41, 5.74) is 4.85. The van der Waals surface area contributed by atoms with Crippen molar-refractivity contribution < 1.29 is 5.11 Å². The van der Waals surface area contributed by atoms with E-state index < -0.39 is 0 Å². The van der Waals surface area contributed by atoms with Crippen molar-refractivity contribution in [2.45, 2.75) is 18.9 Å². The van der Waals surface area contributed by atoms with Crippen LogP contribution >= 0.6 is 15.9 Å². The first-order chi connectivity index (χ1) is 3.15. The van der Waals surface area contributed by atoms with Crippen LogP contribution in [0.4, 0.5) is 0 Å². The van der Waals surface area contributed by atoms with Crippen LogP contribution in [0.3, 0.4) is 0 Å². The van der Waals surface area contributed by atoms with Crippen LogP contribution in [0.1, 0.15) is 13.8 Å². The zero-order valence-corrected chi connectivity index (χ0v) is 6.27. The second-order valence-electron chi connectivity index (χ2n) is 0.982.